The molecule has 3 heterocycles. The second-order valence-corrected chi connectivity index (χ2v) is 5.29. The third-order valence-corrected chi connectivity index (χ3v) is 4.20. The quantitative estimate of drug-likeness (QED) is 0.765. The van der Waals surface area contributed by atoms with E-state index in [-0.39, 0.29) is 12.0 Å². The molecule has 1 atom stereocenters. The van der Waals surface area contributed by atoms with Gasteiger partial charge in [-0.15, -0.1) is 11.3 Å². The lowest BCUT2D eigenvalue weighted by Crippen LogP contribution is -2.22. The summed E-state index contributed by atoms with van der Waals surface area (Å²) in [5, 5.41) is 2.07. The number of nitrogens with one attached hydrogen (secondary N) is 1. The number of fused-ring (bicyclic) bond motifs is 1. The number of nitrogen functional groups attached to an aromatic ring is 1. The standard InChI is InChI=1S/C12H14N6S/c1-7(8-4-3-5-19-8)18(2)11-9-10(15-6-14-9)16-12(13)17-11/h3-7H,1-2H3,(H3,13,14,15,16,17). The van der Waals surface area contributed by atoms with E-state index in [0.717, 1.165) is 11.3 Å². The van der Waals surface area contributed by atoms with Crippen LogP contribution in [0.1, 0.15) is 17.8 Å². The summed E-state index contributed by atoms with van der Waals surface area (Å²) in [6.07, 6.45) is 1.60. The largest absolute Gasteiger partial charge is 0.368 e. The van der Waals surface area contributed by atoms with Gasteiger partial charge < -0.3 is 15.6 Å². The van der Waals surface area contributed by atoms with Crippen molar-refractivity contribution in [3.8, 4) is 0 Å². The molecule has 19 heavy (non-hydrogen) atoms. The second kappa shape index (κ2) is 4.51. The fraction of sp³-hybridized carbons (Fsp3) is 0.250. The van der Waals surface area contributed by atoms with Crippen molar-refractivity contribution in [2.24, 2.45) is 0 Å². The van der Waals surface area contributed by atoms with E-state index in [2.05, 4.69) is 43.2 Å². The minimum Gasteiger partial charge on any atom is -0.368 e. The Kier molecular flexibility index (Phi) is 2.83. The van der Waals surface area contributed by atoms with E-state index in [4.69, 9.17) is 5.73 Å². The first kappa shape index (κ1) is 11.9. The molecule has 0 saturated carbocycles. The maximum absolute atomic E-state index is 5.74. The number of nitrogens with two attached hydrogens (primary N) is 1. The maximum Gasteiger partial charge on any atom is 0.224 e. The first-order chi connectivity index (χ1) is 9.16. The first-order valence-corrected chi connectivity index (χ1v) is 6.77. The molecule has 0 saturated heterocycles. The number of thiophene rings is 1. The highest BCUT2D eigenvalue weighted by atomic mass is 32.1. The summed E-state index contributed by atoms with van der Waals surface area (Å²) in [6.45, 7) is 2.13. The number of aromatic nitrogens is 4. The number of nitrogens with zero attached hydrogens (tertiary/aromatic N) is 4. The third-order valence-electron chi connectivity index (χ3n) is 3.15. The molecule has 3 aromatic rings. The number of hydrogen-bond acceptors (Lipinski definition) is 6. The number of imidazole rings is 1. The Morgan fingerprint density at radius 1 is 1.42 bits per heavy atom. The molecule has 0 radical (unpaired) electrons. The molecule has 1 unspecified atom stereocenters. The van der Waals surface area contributed by atoms with Crippen molar-refractivity contribution in [3.05, 3.63) is 28.7 Å². The molecule has 3 rings (SSSR count). The summed E-state index contributed by atoms with van der Waals surface area (Å²) in [4.78, 5) is 19.0. The number of anilines is 2. The zero-order valence-corrected chi connectivity index (χ0v) is 11.5. The lowest BCUT2D eigenvalue weighted by Gasteiger charge is -2.25. The molecule has 0 amide bonds. The van der Waals surface area contributed by atoms with Crippen molar-refractivity contribution in [1.29, 1.82) is 0 Å². The van der Waals surface area contributed by atoms with Crippen LogP contribution < -0.4 is 10.6 Å². The monoisotopic (exact) mass is 274 g/mol. The Labute approximate surface area is 114 Å². The van der Waals surface area contributed by atoms with E-state index >= 15 is 0 Å². The van der Waals surface area contributed by atoms with Crippen LogP contribution in [0.3, 0.4) is 0 Å². The molecule has 0 aromatic carbocycles. The van der Waals surface area contributed by atoms with Crippen LogP contribution in [-0.2, 0) is 0 Å². The van der Waals surface area contributed by atoms with Crippen molar-refractivity contribution in [1.82, 2.24) is 19.9 Å². The van der Waals surface area contributed by atoms with Gasteiger partial charge in [0.05, 0.1) is 12.4 Å². The highest BCUT2D eigenvalue weighted by molar-refractivity contribution is 7.10. The van der Waals surface area contributed by atoms with Gasteiger partial charge in [0.15, 0.2) is 11.5 Å². The number of rotatable bonds is 3. The Morgan fingerprint density at radius 3 is 3.00 bits per heavy atom. The summed E-state index contributed by atoms with van der Waals surface area (Å²) in [5.41, 5.74) is 7.14. The third kappa shape index (κ3) is 2.01. The normalized spacial score (nSPS) is 12.7. The first-order valence-electron chi connectivity index (χ1n) is 5.89. The van der Waals surface area contributed by atoms with E-state index in [1.54, 1.807) is 17.7 Å². The molecule has 6 nitrogen and oxygen atoms in total. The van der Waals surface area contributed by atoms with Gasteiger partial charge in [-0.3, -0.25) is 0 Å². The summed E-state index contributed by atoms with van der Waals surface area (Å²) in [7, 11) is 1.99. The zero-order chi connectivity index (χ0) is 13.4. The van der Waals surface area contributed by atoms with E-state index in [9.17, 15) is 0 Å². The molecule has 0 fully saturated rings. The lowest BCUT2D eigenvalue weighted by atomic mass is 10.2. The van der Waals surface area contributed by atoms with Crippen LogP contribution in [-0.4, -0.2) is 27.0 Å². The fourth-order valence-corrected chi connectivity index (χ4v) is 2.82. The van der Waals surface area contributed by atoms with Crippen LogP contribution in [0.15, 0.2) is 23.8 Å². The van der Waals surface area contributed by atoms with E-state index in [0.29, 0.717) is 5.65 Å². The van der Waals surface area contributed by atoms with Crippen molar-refractivity contribution in [3.63, 3.8) is 0 Å². The molecule has 0 aliphatic rings. The van der Waals surface area contributed by atoms with Crippen LogP contribution in [0.2, 0.25) is 0 Å². The van der Waals surface area contributed by atoms with Crippen molar-refractivity contribution < 1.29 is 0 Å². The second-order valence-electron chi connectivity index (χ2n) is 4.31. The summed E-state index contributed by atoms with van der Waals surface area (Å²) in [6, 6.07) is 4.37. The number of hydrogen-bond donors (Lipinski definition) is 2. The molecular formula is C12H14N6S. The lowest BCUT2D eigenvalue weighted by molar-refractivity contribution is 0.744. The van der Waals surface area contributed by atoms with Crippen LogP contribution >= 0.6 is 11.3 Å². The predicted octanol–water partition coefficient (Wildman–Crippen LogP) is 2.19. The predicted molar refractivity (Wildman–Crippen MR) is 77.2 cm³/mol. The van der Waals surface area contributed by atoms with E-state index < -0.39 is 0 Å². The van der Waals surface area contributed by atoms with Crippen molar-refractivity contribution in [2.75, 3.05) is 17.7 Å². The molecule has 3 aromatic heterocycles. The van der Waals surface area contributed by atoms with Gasteiger partial charge in [0.1, 0.15) is 5.52 Å². The fourth-order valence-electron chi connectivity index (χ4n) is 1.99. The minimum absolute atomic E-state index is 0.209. The average Bonchev–Trinajstić information content (AvgIpc) is 3.06. The topological polar surface area (TPSA) is 83.7 Å². The van der Waals surface area contributed by atoms with Gasteiger partial charge in [-0.1, -0.05) is 6.07 Å². The van der Waals surface area contributed by atoms with E-state index in [1.807, 2.05) is 13.1 Å². The summed E-state index contributed by atoms with van der Waals surface area (Å²) in [5.74, 6) is 1.00. The molecule has 98 valence electrons. The Balaban J connectivity index is 2.06. The van der Waals surface area contributed by atoms with Crippen LogP contribution in [0.4, 0.5) is 11.8 Å². The van der Waals surface area contributed by atoms with Gasteiger partial charge in [0.2, 0.25) is 5.95 Å². The van der Waals surface area contributed by atoms with Crippen LogP contribution in [0, 0.1) is 0 Å². The molecule has 3 N–H and O–H groups in total. The van der Waals surface area contributed by atoms with E-state index in [1.165, 1.54) is 4.88 Å². The smallest absolute Gasteiger partial charge is 0.224 e. The SMILES string of the molecule is CC(c1cccs1)N(C)c1nc(N)nc2nc[nH]c12. The van der Waals surface area contributed by atoms with Gasteiger partial charge in [-0.2, -0.15) is 9.97 Å². The number of aromatic amines is 1. The van der Waals surface area contributed by atoms with Gasteiger partial charge in [0.25, 0.3) is 0 Å². The molecule has 0 aliphatic carbocycles. The Hall–Kier alpha value is -2.15. The zero-order valence-electron chi connectivity index (χ0n) is 10.7. The molecule has 7 heteroatoms. The highest BCUT2D eigenvalue weighted by Gasteiger charge is 2.18. The summed E-state index contributed by atoms with van der Waals surface area (Å²) < 4.78 is 0. The average molecular weight is 274 g/mol. The van der Waals surface area contributed by atoms with Crippen LogP contribution in [0.5, 0.6) is 0 Å². The molecular weight excluding hydrogens is 260 g/mol. The van der Waals surface area contributed by atoms with Gasteiger partial charge in [-0.05, 0) is 18.4 Å². The van der Waals surface area contributed by atoms with Gasteiger partial charge >= 0.3 is 0 Å². The maximum atomic E-state index is 5.74. The molecule has 0 bridgehead atoms. The van der Waals surface area contributed by atoms with Crippen molar-refractivity contribution in [2.45, 2.75) is 13.0 Å². The van der Waals surface area contributed by atoms with Gasteiger partial charge in [-0.25, -0.2) is 4.98 Å². The highest BCUT2D eigenvalue weighted by Crippen LogP contribution is 2.30. The molecule has 0 aliphatic heterocycles. The molecule has 0 spiro atoms. The van der Waals surface area contributed by atoms with Crippen LogP contribution in [0.25, 0.3) is 11.2 Å². The Bertz CT molecular complexity index is 689. The Morgan fingerprint density at radius 2 is 2.26 bits per heavy atom. The summed E-state index contributed by atoms with van der Waals surface area (Å²) >= 11 is 1.72. The number of H-pyrrole nitrogens is 1. The van der Waals surface area contributed by atoms with Crippen molar-refractivity contribution >= 4 is 34.3 Å². The van der Waals surface area contributed by atoms with Gasteiger partial charge in [0, 0.05) is 11.9 Å². The minimum atomic E-state index is 0.209.